The number of aromatic nitrogens is 2. The van der Waals surface area contributed by atoms with Gasteiger partial charge >= 0.3 is 0 Å². The molecule has 2 N–H and O–H groups in total. The molecule has 17 heavy (non-hydrogen) atoms. The van der Waals surface area contributed by atoms with Gasteiger partial charge in [-0.2, -0.15) is 0 Å². The lowest BCUT2D eigenvalue weighted by Gasteiger charge is -2.20. The van der Waals surface area contributed by atoms with Crippen molar-refractivity contribution >= 4 is 27.4 Å². The fourth-order valence-electron chi connectivity index (χ4n) is 2.34. The normalized spacial score (nSPS) is 17.7. The van der Waals surface area contributed by atoms with E-state index in [4.69, 9.17) is 10.5 Å². The topological polar surface area (TPSA) is 52.5 Å². The molecule has 0 radical (unpaired) electrons. The van der Waals surface area contributed by atoms with Gasteiger partial charge in [-0.3, -0.25) is 4.40 Å². The number of fused-ring (bicyclic) bond motifs is 1. The maximum Gasteiger partial charge on any atom is 0.153 e. The zero-order chi connectivity index (χ0) is 11.8. The van der Waals surface area contributed by atoms with Crippen molar-refractivity contribution in [1.29, 1.82) is 0 Å². The molecule has 90 valence electrons. The molecule has 0 saturated carbocycles. The van der Waals surface area contributed by atoms with Crippen molar-refractivity contribution in [1.82, 2.24) is 9.38 Å². The van der Waals surface area contributed by atoms with Gasteiger partial charge < -0.3 is 10.5 Å². The zero-order valence-electron chi connectivity index (χ0n) is 9.40. The van der Waals surface area contributed by atoms with E-state index in [-0.39, 0.29) is 0 Å². The highest BCUT2D eigenvalue weighted by atomic mass is 79.9. The standard InChI is InChI=1S/C12H14BrN3O/c13-9-2-1-5-16-11(14)10(15-12(9)16)8-3-6-17-7-4-8/h1-2,5,8H,3-4,6-7,14H2. The lowest BCUT2D eigenvalue weighted by Crippen LogP contribution is -2.15. The maximum atomic E-state index is 6.18. The summed E-state index contributed by atoms with van der Waals surface area (Å²) >= 11 is 3.50. The molecule has 0 unspecified atom stereocenters. The highest BCUT2D eigenvalue weighted by Gasteiger charge is 2.22. The van der Waals surface area contributed by atoms with Crippen LogP contribution in [0.15, 0.2) is 22.8 Å². The second-order valence-corrected chi connectivity index (χ2v) is 5.17. The van der Waals surface area contributed by atoms with Crippen LogP contribution in [0.1, 0.15) is 24.5 Å². The highest BCUT2D eigenvalue weighted by molar-refractivity contribution is 9.10. The third-order valence-corrected chi connectivity index (χ3v) is 3.89. The van der Waals surface area contributed by atoms with E-state index in [0.717, 1.165) is 47.7 Å². The first kappa shape index (κ1) is 11.0. The molecule has 1 aliphatic heterocycles. The third-order valence-electron chi connectivity index (χ3n) is 3.28. The van der Waals surface area contributed by atoms with E-state index in [1.54, 1.807) is 0 Å². The summed E-state index contributed by atoms with van der Waals surface area (Å²) in [5.74, 6) is 1.18. The number of pyridine rings is 1. The number of anilines is 1. The molecule has 2 aromatic heterocycles. The molecule has 0 amide bonds. The zero-order valence-corrected chi connectivity index (χ0v) is 11.0. The molecule has 2 aromatic rings. The van der Waals surface area contributed by atoms with Crippen LogP contribution < -0.4 is 5.73 Å². The molecule has 1 aliphatic rings. The summed E-state index contributed by atoms with van der Waals surface area (Å²) in [6.07, 6.45) is 3.96. The van der Waals surface area contributed by atoms with E-state index in [2.05, 4.69) is 20.9 Å². The third kappa shape index (κ3) is 1.83. The van der Waals surface area contributed by atoms with Gasteiger partial charge in [-0.15, -0.1) is 0 Å². The van der Waals surface area contributed by atoms with Crippen LogP contribution in [0.3, 0.4) is 0 Å². The van der Waals surface area contributed by atoms with Crippen LogP contribution in [0.2, 0.25) is 0 Å². The van der Waals surface area contributed by atoms with Crippen molar-refractivity contribution in [2.45, 2.75) is 18.8 Å². The summed E-state index contributed by atoms with van der Waals surface area (Å²) in [5.41, 5.74) is 8.09. The van der Waals surface area contributed by atoms with E-state index in [1.807, 2.05) is 22.7 Å². The Kier molecular flexibility index (Phi) is 2.80. The van der Waals surface area contributed by atoms with Crippen molar-refractivity contribution in [2.75, 3.05) is 18.9 Å². The number of nitrogens with two attached hydrogens (primary N) is 1. The van der Waals surface area contributed by atoms with E-state index >= 15 is 0 Å². The molecule has 3 rings (SSSR count). The number of nitrogens with zero attached hydrogens (tertiary/aromatic N) is 2. The predicted molar refractivity (Wildman–Crippen MR) is 70.1 cm³/mol. The van der Waals surface area contributed by atoms with Gasteiger partial charge in [0, 0.05) is 25.3 Å². The number of hydrogen-bond donors (Lipinski definition) is 1. The van der Waals surface area contributed by atoms with E-state index < -0.39 is 0 Å². The van der Waals surface area contributed by atoms with Crippen molar-refractivity contribution in [2.24, 2.45) is 0 Å². The summed E-state index contributed by atoms with van der Waals surface area (Å²) < 4.78 is 8.29. The van der Waals surface area contributed by atoms with Gasteiger partial charge in [0.1, 0.15) is 5.82 Å². The Morgan fingerprint density at radius 1 is 1.41 bits per heavy atom. The van der Waals surface area contributed by atoms with Gasteiger partial charge in [0.2, 0.25) is 0 Å². The Labute approximate surface area is 108 Å². The molecule has 5 heteroatoms. The largest absolute Gasteiger partial charge is 0.383 e. The maximum absolute atomic E-state index is 6.18. The molecule has 4 nitrogen and oxygen atoms in total. The van der Waals surface area contributed by atoms with Crippen molar-refractivity contribution in [3.05, 3.63) is 28.5 Å². The van der Waals surface area contributed by atoms with Crippen LogP contribution in [-0.2, 0) is 4.74 Å². The molecule has 0 aromatic carbocycles. The van der Waals surface area contributed by atoms with Crippen molar-refractivity contribution in [3.63, 3.8) is 0 Å². The number of imidazole rings is 1. The fourth-order valence-corrected chi connectivity index (χ4v) is 2.77. The Balaban J connectivity index is 2.10. The monoisotopic (exact) mass is 295 g/mol. The van der Waals surface area contributed by atoms with Crippen molar-refractivity contribution in [3.8, 4) is 0 Å². The molecule has 0 spiro atoms. The van der Waals surface area contributed by atoms with Crippen LogP contribution in [0, 0.1) is 0 Å². The van der Waals surface area contributed by atoms with E-state index in [9.17, 15) is 0 Å². The summed E-state index contributed by atoms with van der Waals surface area (Å²) in [6, 6.07) is 3.94. The number of ether oxygens (including phenoxy) is 1. The Hall–Kier alpha value is -1.07. The minimum atomic E-state index is 0.426. The molecule has 3 heterocycles. The molecule has 0 atom stereocenters. The number of hydrogen-bond acceptors (Lipinski definition) is 3. The Bertz CT molecular complexity index is 546. The molecular weight excluding hydrogens is 282 g/mol. The number of halogens is 1. The summed E-state index contributed by atoms with van der Waals surface area (Å²) in [5, 5.41) is 0. The average molecular weight is 296 g/mol. The summed E-state index contributed by atoms with van der Waals surface area (Å²) in [6.45, 7) is 1.61. The lowest BCUT2D eigenvalue weighted by atomic mass is 9.96. The molecule has 0 aliphatic carbocycles. The molecule has 1 fully saturated rings. The highest BCUT2D eigenvalue weighted by Crippen LogP contribution is 2.32. The predicted octanol–water partition coefficient (Wildman–Crippen LogP) is 2.57. The summed E-state index contributed by atoms with van der Waals surface area (Å²) in [7, 11) is 0. The first-order valence-electron chi connectivity index (χ1n) is 5.77. The average Bonchev–Trinajstić information content (AvgIpc) is 2.70. The number of rotatable bonds is 1. The van der Waals surface area contributed by atoms with Crippen LogP contribution in [0.25, 0.3) is 5.65 Å². The van der Waals surface area contributed by atoms with Crippen LogP contribution >= 0.6 is 15.9 Å². The Morgan fingerprint density at radius 2 is 2.18 bits per heavy atom. The van der Waals surface area contributed by atoms with Gasteiger partial charge in [0.25, 0.3) is 0 Å². The van der Waals surface area contributed by atoms with Crippen LogP contribution in [0.4, 0.5) is 5.82 Å². The van der Waals surface area contributed by atoms with E-state index in [1.165, 1.54) is 0 Å². The second kappa shape index (κ2) is 4.31. The van der Waals surface area contributed by atoms with Gasteiger partial charge in [0.15, 0.2) is 5.65 Å². The minimum Gasteiger partial charge on any atom is -0.383 e. The fraction of sp³-hybridized carbons (Fsp3) is 0.417. The quantitative estimate of drug-likeness (QED) is 0.880. The van der Waals surface area contributed by atoms with E-state index in [0.29, 0.717) is 5.92 Å². The van der Waals surface area contributed by atoms with Gasteiger partial charge in [0.05, 0.1) is 10.2 Å². The van der Waals surface area contributed by atoms with Gasteiger partial charge in [-0.05, 0) is 40.9 Å². The number of nitrogen functional groups attached to an aromatic ring is 1. The van der Waals surface area contributed by atoms with Gasteiger partial charge in [-0.25, -0.2) is 4.98 Å². The molecule has 0 bridgehead atoms. The molecular formula is C12H14BrN3O. The van der Waals surface area contributed by atoms with Gasteiger partial charge in [-0.1, -0.05) is 0 Å². The molecule has 1 saturated heterocycles. The Morgan fingerprint density at radius 3 is 2.88 bits per heavy atom. The second-order valence-electron chi connectivity index (χ2n) is 4.32. The minimum absolute atomic E-state index is 0.426. The van der Waals surface area contributed by atoms with Crippen LogP contribution in [-0.4, -0.2) is 22.6 Å². The first-order valence-corrected chi connectivity index (χ1v) is 6.56. The smallest absolute Gasteiger partial charge is 0.153 e. The summed E-state index contributed by atoms with van der Waals surface area (Å²) in [4.78, 5) is 4.67. The lowest BCUT2D eigenvalue weighted by molar-refractivity contribution is 0.0847. The SMILES string of the molecule is Nc1c(C2CCOCC2)nc2c(Br)cccn12. The first-order chi connectivity index (χ1) is 8.27. The van der Waals surface area contributed by atoms with Crippen LogP contribution in [0.5, 0.6) is 0 Å². The van der Waals surface area contributed by atoms with Crippen molar-refractivity contribution < 1.29 is 4.74 Å².